The highest BCUT2D eigenvalue weighted by Crippen LogP contribution is 2.24. The van der Waals surface area contributed by atoms with E-state index in [9.17, 15) is 0 Å². The quantitative estimate of drug-likeness (QED) is 0.783. The Morgan fingerprint density at radius 3 is 2.57 bits per heavy atom. The predicted octanol–water partition coefficient (Wildman–Crippen LogP) is 4.40. The molecule has 0 bridgehead atoms. The van der Waals surface area contributed by atoms with E-state index in [4.69, 9.17) is 21.1 Å². The van der Waals surface area contributed by atoms with Crippen molar-refractivity contribution >= 4 is 11.6 Å². The van der Waals surface area contributed by atoms with E-state index in [1.54, 1.807) is 0 Å². The number of benzene rings is 2. The van der Waals surface area contributed by atoms with Gasteiger partial charge in [-0.3, -0.25) is 4.90 Å². The summed E-state index contributed by atoms with van der Waals surface area (Å²) in [7, 11) is 0. The topological polar surface area (TPSA) is 21.7 Å². The molecule has 0 unspecified atom stereocenters. The van der Waals surface area contributed by atoms with Gasteiger partial charge in [-0.1, -0.05) is 23.7 Å². The van der Waals surface area contributed by atoms with E-state index in [-0.39, 0.29) is 0 Å². The zero-order valence-electron chi connectivity index (χ0n) is 13.2. The second kappa shape index (κ2) is 8.34. The van der Waals surface area contributed by atoms with Crippen molar-refractivity contribution in [3.8, 4) is 11.5 Å². The fourth-order valence-electron chi connectivity index (χ4n) is 2.73. The Labute approximate surface area is 142 Å². The fourth-order valence-corrected chi connectivity index (χ4v) is 2.86. The van der Waals surface area contributed by atoms with Crippen LogP contribution in [0.25, 0.3) is 0 Å². The SMILES string of the molecule is Clc1ccc(Oc2cccc(CCCN3CCOCC3)c2)cc1. The first kappa shape index (κ1) is 16.3. The Morgan fingerprint density at radius 2 is 1.78 bits per heavy atom. The van der Waals surface area contributed by atoms with Crippen molar-refractivity contribution in [2.75, 3.05) is 32.8 Å². The molecule has 0 atom stereocenters. The summed E-state index contributed by atoms with van der Waals surface area (Å²) in [5.74, 6) is 1.68. The minimum Gasteiger partial charge on any atom is -0.457 e. The van der Waals surface area contributed by atoms with E-state index in [1.807, 2.05) is 30.3 Å². The Hall–Kier alpha value is -1.55. The standard InChI is InChI=1S/C19H22ClNO2/c20-17-6-8-18(9-7-17)23-19-5-1-3-16(15-19)4-2-10-21-11-13-22-14-12-21/h1,3,5-9,15H,2,4,10-14H2. The van der Waals surface area contributed by atoms with Gasteiger partial charge in [0, 0.05) is 18.1 Å². The maximum Gasteiger partial charge on any atom is 0.127 e. The van der Waals surface area contributed by atoms with Crippen molar-refractivity contribution in [1.29, 1.82) is 0 Å². The lowest BCUT2D eigenvalue weighted by atomic mass is 10.1. The van der Waals surface area contributed by atoms with Crippen LogP contribution in [0.4, 0.5) is 0 Å². The third-order valence-electron chi connectivity index (χ3n) is 3.99. The molecular formula is C19H22ClNO2. The van der Waals surface area contributed by atoms with Gasteiger partial charge in [0.2, 0.25) is 0 Å². The molecule has 3 nitrogen and oxygen atoms in total. The minimum atomic E-state index is 0.717. The van der Waals surface area contributed by atoms with Crippen LogP contribution in [0.5, 0.6) is 11.5 Å². The molecule has 2 aromatic rings. The third-order valence-corrected chi connectivity index (χ3v) is 4.24. The van der Waals surface area contributed by atoms with E-state index in [2.05, 4.69) is 23.1 Å². The van der Waals surface area contributed by atoms with Gasteiger partial charge in [0.05, 0.1) is 13.2 Å². The number of aryl methyl sites for hydroxylation is 1. The van der Waals surface area contributed by atoms with Crippen molar-refractivity contribution in [3.05, 3.63) is 59.1 Å². The number of ether oxygens (including phenoxy) is 2. The van der Waals surface area contributed by atoms with Crippen molar-refractivity contribution in [1.82, 2.24) is 4.90 Å². The van der Waals surface area contributed by atoms with Gasteiger partial charge in [-0.05, 0) is 61.3 Å². The summed E-state index contributed by atoms with van der Waals surface area (Å²) < 4.78 is 11.3. The molecule has 0 saturated carbocycles. The van der Waals surface area contributed by atoms with E-state index in [0.29, 0.717) is 5.02 Å². The Morgan fingerprint density at radius 1 is 1.00 bits per heavy atom. The molecule has 2 aromatic carbocycles. The Kier molecular flexibility index (Phi) is 5.92. The highest BCUT2D eigenvalue weighted by molar-refractivity contribution is 6.30. The number of rotatable bonds is 6. The first-order chi connectivity index (χ1) is 11.3. The Balaban J connectivity index is 1.51. The van der Waals surface area contributed by atoms with Gasteiger partial charge < -0.3 is 9.47 Å². The number of morpholine rings is 1. The average molecular weight is 332 g/mol. The fraction of sp³-hybridized carbons (Fsp3) is 0.368. The predicted molar refractivity (Wildman–Crippen MR) is 93.5 cm³/mol. The molecule has 1 aliphatic heterocycles. The average Bonchev–Trinajstić information content (AvgIpc) is 2.58. The minimum absolute atomic E-state index is 0.717. The van der Waals surface area contributed by atoms with Crippen LogP contribution in [0.1, 0.15) is 12.0 Å². The van der Waals surface area contributed by atoms with Crippen LogP contribution < -0.4 is 4.74 Å². The first-order valence-electron chi connectivity index (χ1n) is 8.12. The van der Waals surface area contributed by atoms with Gasteiger partial charge in [0.1, 0.15) is 11.5 Å². The van der Waals surface area contributed by atoms with E-state index >= 15 is 0 Å². The summed E-state index contributed by atoms with van der Waals surface area (Å²) >= 11 is 5.89. The molecule has 0 spiro atoms. The number of nitrogens with zero attached hydrogens (tertiary/aromatic N) is 1. The summed E-state index contributed by atoms with van der Waals surface area (Å²) in [4.78, 5) is 2.47. The van der Waals surface area contributed by atoms with Crippen LogP contribution in [-0.2, 0) is 11.2 Å². The van der Waals surface area contributed by atoms with Crippen LogP contribution in [0, 0.1) is 0 Å². The summed E-state index contributed by atoms with van der Waals surface area (Å²) in [6, 6.07) is 15.8. The molecule has 1 fully saturated rings. The molecule has 0 N–H and O–H groups in total. The molecule has 1 aliphatic rings. The molecule has 4 heteroatoms. The lowest BCUT2D eigenvalue weighted by Gasteiger charge is -2.26. The monoisotopic (exact) mass is 331 g/mol. The molecule has 3 rings (SSSR count). The largest absolute Gasteiger partial charge is 0.457 e. The Bertz CT molecular complexity index is 609. The summed E-state index contributed by atoms with van der Waals surface area (Å²) in [5, 5.41) is 0.717. The van der Waals surface area contributed by atoms with E-state index in [0.717, 1.165) is 57.2 Å². The van der Waals surface area contributed by atoms with Crippen molar-refractivity contribution in [2.45, 2.75) is 12.8 Å². The number of halogens is 1. The van der Waals surface area contributed by atoms with Crippen LogP contribution in [-0.4, -0.2) is 37.7 Å². The maximum atomic E-state index is 5.89. The number of hydrogen-bond donors (Lipinski definition) is 0. The summed E-state index contributed by atoms with van der Waals surface area (Å²) in [5.41, 5.74) is 1.31. The highest BCUT2D eigenvalue weighted by atomic mass is 35.5. The van der Waals surface area contributed by atoms with Crippen molar-refractivity contribution < 1.29 is 9.47 Å². The van der Waals surface area contributed by atoms with Gasteiger partial charge in [-0.15, -0.1) is 0 Å². The lowest BCUT2D eigenvalue weighted by Crippen LogP contribution is -2.36. The summed E-state index contributed by atoms with van der Waals surface area (Å²) in [6.45, 7) is 4.97. The lowest BCUT2D eigenvalue weighted by molar-refractivity contribution is 0.0375. The van der Waals surface area contributed by atoms with E-state index in [1.165, 1.54) is 5.56 Å². The molecule has 0 amide bonds. The first-order valence-corrected chi connectivity index (χ1v) is 8.50. The molecule has 0 aliphatic carbocycles. The van der Waals surface area contributed by atoms with Gasteiger partial charge in [0.25, 0.3) is 0 Å². The zero-order chi connectivity index (χ0) is 15.9. The maximum absolute atomic E-state index is 5.89. The van der Waals surface area contributed by atoms with Crippen molar-refractivity contribution in [2.24, 2.45) is 0 Å². The van der Waals surface area contributed by atoms with Crippen LogP contribution in [0.3, 0.4) is 0 Å². The van der Waals surface area contributed by atoms with Gasteiger partial charge in [0.15, 0.2) is 0 Å². The van der Waals surface area contributed by atoms with Gasteiger partial charge in [-0.2, -0.15) is 0 Å². The third kappa shape index (κ3) is 5.24. The van der Waals surface area contributed by atoms with Crippen LogP contribution in [0.15, 0.2) is 48.5 Å². The van der Waals surface area contributed by atoms with Gasteiger partial charge in [-0.25, -0.2) is 0 Å². The second-order valence-corrected chi connectivity index (χ2v) is 6.20. The van der Waals surface area contributed by atoms with Crippen LogP contribution >= 0.6 is 11.6 Å². The molecule has 23 heavy (non-hydrogen) atoms. The van der Waals surface area contributed by atoms with Gasteiger partial charge >= 0.3 is 0 Å². The van der Waals surface area contributed by atoms with Crippen LogP contribution in [0.2, 0.25) is 5.02 Å². The summed E-state index contributed by atoms with van der Waals surface area (Å²) in [6.07, 6.45) is 2.22. The smallest absolute Gasteiger partial charge is 0.127 e. The molecule has 1 saturated heterocycles. The second-order valence-electron chi connectivity index (χ2n) is 5.76. The van der Waals surface area contributed by atoms with Crippen molar-refractivity contribution in [3.63, 3.8) is 0 Å². The highest BCUT2D eigenvalue weighted by Gasteiger charge is 2.09. The van der Waals surface area contributed by atoms with E-state index < -0.39 is 0 Å². The molecular weight excluding hydrogens is 310 g/mol. The molecule has 1 heterocycles. The number of hydrogen-bond acceptors (Lipinski definition) is 3. The normalized spacial score (nSPS) is 15.5. The molecule has 0 aromatic heterocycles. The molecule has 122 valence electrons. The zero-order valence-corrected chi connectivity index (χ0v) is 14.0. The molecule has 0 radical (unpaired) electrons.